The van der Waals surface area contributed by atoms with Crippen molar-refractivity contribution >= 4 is 69.2 Å². The van der Waals surface area contributed by atoms with Crippen LogP contribution in [-0.4, -0.2) is 39.4 Å². The second-order valence-corrected chi connectivity index (χ2v) is 17.9. The Labute approximate surface area is 368 Å². The van der Waals surface area contributed by atoms with Crippen molar-refractivity contribution < 1.29 is 19.7 Å². The molecule has 1 aliphatic carbocycles. The molecule has 62 heavy (non-hydrogen) atoms. The first-order valence-corrected chi connectivity index (χ1v) is 23.3. The zero-order chi connectivity index (χ0) is 42.7. The van der Waals surface area contributed by atoms with E-state index in [4.69, 9.17) is 9.47 Å². The van der Waals surface area contributed by atoms with Crippen molar-refractivity contribution in [3.05, 3.63) is 120 Å². The Kier molecular flexibility index (Phi) is 12.6. The smallest absolute Gasteiger partial charge is 0.406 e. The average Bonchev–Trinajstić information content (AvgIpc) is 3.31. The van der Waals surface area contributed by atoms with Crippen LogP contribution in [0.1, 0.15) is 102 Å². The number of ether oxygens (including phenoxy) is 2. The highest BCUT2D eigenvalue weighted by molar-refractivity contribution is 6.80. The molecule has 8 nitrogen and oxygen atoms in total. The van der Waals surface area contributed by atoms with Crippen LogP contribution < -0.4 is 51.5 Å². The van der Waals surface area contributed by atoms with Gasteiger partial charge in [-0.2, -0.15) is 0 Å². The zero-order valence-electron chi connectivity index (χ0n) is 36.7. The van der Waals surface area contributed by atoms with Crippen molar-refractivity contribution in [3.8, 4) is 11.5 Å². The van der Waals surface area contributed by atoms with E-state index in [2.05, 4.69) is 121 Å². The van der Waals surface area contributed by atoms with Gasteiger partial charge in [0.1, 0.15) is 11.5 Å². The summed E-state index contributed by atoms with van der Waals surface area (Å²) in [6.45, 7) is 9.89. The molecular weight excluding hydrogens is 766 g/mol. The molecule has 2 unspecified atom stereocenters. The predicted molar refractivity (Wildman–Crippen MR) is 257 cm³/mol. The monoisotopic (exact) mass is 826 g/mol. The molecule has 0 radical (unpaired) electrons. The first kappa shape index (κ1) is 42.0. The highest BCUT2D eigenvalue weighted by atomic mass is 16.5. The largest absolute Gasteiger partial charge is 0.851 e. The third-order valence-corrected chi connectivity index (χ3v) is 14.0. The Morgan fingerprint density at radius 2 is 0.935 bits per heavy atom. The first-order chi connectivity index (χ1) is 30.4. The van der Waals surface area contributed by atoms with E-state index in [9.17, 15) is 10.2 Å². The maximum atomic E-state index is 14.7. The van der Waals surface area contributed by atoms with Crippen LogP contribution in [0.15, 0.2) is 109 Å². The molecule has 320 valence electrons. The molecule has 10 heteroatoms. The van der Waals surface area contributed by atoms with E-state index < -0.39 is 24.0 Å². The fourth-order valence-electron chi connectivity index (χ4n) is 10.0. The molecular formula is C52H60B2N4O4-2. The Balaban J connectivity index is 0.950. The minimum Gasteiger partial charge on any atom is -0.851 e. The van der Waals surface area contributed by atoms with Gasteiger partial charge in [-0.3, -0.25) is 0 Å². The molecule has 0 aromatic heterocycles. The van der Waals surface area contributed by atoms with Crippen LogP contribution in [0.5, 0.6) is 11.5 Å². The van der Waals surface area contributed by atoms with Crippen molar-refractivity contribution in [1.82, 2.24) is 0 Å². The predicted octanol–water partition coefficient (Wildman–Crippen LogP) is 8.99. The van der Waals surface area contributed by atoms with Crippen LogP contribution in [0.4, 0.5) is 22.7 Å². The van der Waals surface area contributed by atoms with Gasteiger partial charge in [-0.15, -0.1) is 12.2 Å². The molecule has 4 N–H and O–H groups in total. The van der Waals surface area contributed by atoms with Gasteiger partial charge < -0.3 is 40.6 Å². The third kappa shape index (κ3) is 8.20. The molecule has 3 aliphatic rings. The van der Waals surface area contributed by atoms with Crippen molar-refractivity contribution in [2.24, 2.45) is 11.8 Å². The fourth-order valence-corrected chi connectivity index (χ4v) is 10.0. The maximum Gasteiger partial charge on any atom is 0.406 e. The van der Waals surface area contributed by atoms with E-state index in [0.717, 1.165) is 104 Å². The summed E-state index contributed by atoms with van der Waals surface area (Å²) in [5, 5.41) is 48.5. The molecule has 6 aromatic carbocycles. The summed E-state index contributed by atoms with van der Waals surface area (Å²) in [6.07, 6.45) is 7.21. The van der Waals surface area contributed by atoms with Gasteiger partial charge in [-0.1, -0.05) is 139 Å². The summed E-state index contributed by atoms with van der Waals surface area (Å²) < 4.78 is 12.5. The lowest BCUT2D eigenvalue weighted by Crippen LogP contribution is -2.64. The van der Waals surface area contributed by atoms with Crippen molar-refractivity contribution in [2.75, 3.05) is 34.1 Å². The van der Waals surface area contributed by atoms with Gasteiger partial charge in [0.2, 0.25) is 0 Å². The molecule has 1 fully saturated rings. The van der Waals surface area contributed by atoms with Gasteiger partial charge >= 0.3 is 14.0 Å². The Morgan fingerprint density at radius 1 is 0.516 bits per heavy atom. The average molecular weight is 827 g/mol. The summed E-state index contributed by atoms with van der Waals surface area (Å²) >= 11 is 0. The lowest BCUT2D eigenvalue weighted by Gasteiger charge is -2.62. The van der Waals surface area contributed by atoms with Gasteiger partial charge in [0.15, 0.2) is 0 Å². The summed E-state index contributed by atoms with van der Waals surface area (Å²) in [7, 11) is 0. The van der Waals surface area contributed by atoms with E-state index in [1.165, 1.54) is 38.5 Å². The van der Waals surface area contributed by atoms with Crippen molar-refractivity contribution in [3.63, 3.8) is 0 Å². The highest BCUT2D eigenvalue weighted by Gasteiger charge is 2.43. The Bertz CT molecular complexity index is 2300. The zero-order valence-corrected chi connectivity index (χ0v) is 36.7. The maximum absolute atomic E-state index is 14.7. The van der Waals surface area contributed by atoms with E-state index in [0.29, 0.717) is 11.8 Å². The normalized spacial score (nSPS) is 19.8. The van der Waals surface area contributed by atoms with Crippen LogP contribution in [0.2, 0.25) is 0 Å². The molecule has 2 heterocycles. The lowest BCUT2D eigenvalue weighted by molar-refractivity contribution is -0.535. The van der Waals surface area contributed by atoms with E-state index in [1.807, 2.05) is 36.4 Å². The summed E-state index contributed by atoms with van der Waals surface area (Å²) in [5.41, 5.74) is 7.40. The number of rotatable bonds is 18. The highest BCUT2D eigenvalue weighted by Crippen LogP contribution is 2.53. The molecule has 0 saturated heterocycles. The minimum absolute atomic E-state index is 0.251. The summed E-state index contributed by atoms with van der Waals surface area (Å²) in [4.78, 5) is 0. The number of unbranched alkanes of at least 4 members (excludes halogenated alkanes) is 2. The SMILES string of the molecule is CCCCC(CC)COc1ccc(B2Nc3cccc4ccc(C5C([O-])C(c6ccc7cccc8c7c6NB(c6ccc(OCC(CC)CCCC)cc6)N8)C5[O-])c(c34)N2)cc1. The second-order valence-electron chi connectivity index (χ2n) is 17.9. The Hall–Kier alpha value is -5.31. The van der Waals surface area contributed by atoms with Gasteiger partial charge in [0.05, 0.1) is 13.2 Å². The molecule has 0 bridgehead atoms. The van der Waals surface area contributed by atoms with Crippen LogP contribution in [-0.2, 0) is 0 Å². The van der Waals surface area contributed by atoms with Gasteiger partial charge in [0, 0.05) is 33.5 Å². The molecule has 2 aliphatic heterocycles. The topological polar surface area (TPSA) is 113 Å². The molecule has 6 aromatic rings. The van der Waals surface area contributed by atoms with Crippen molar-refractivity contribution in [1.29, 1.82) is 0 Å². The molecule has 1 saturated carbocycles. The summed E-state index contributed by atoms with van der Waals surface area (Å²) in [6, 6.07) is 37.1. The van der Waals surface area contributed by atoms with Gasteiger partial charge in [-0.25, -0.2) is 0 Å². The standard InChI is InChI=1S/C52H60B2N4O4/c1-5-9-13-33(7-3)31-61-39-25-21-37(22-26-39)53-55-43-17-11-15-35-19-29-41(49(57-53)45(35)43)47-51(59)48(52(47)60)42-30-20-36-16-12-18-44-46(36)50(42)58-54(56-44)38-23-27-40(28-24-38)62-32-34(8-4)14-10-6-2/h11-12,15-30,33-34,47-48,51-52,55-58H,5-10,13-14,31-32H2,1-4H3/q-2. The third-order valence-electron chi connectivity index (χ3n) is 14.0. The van der Waals surface area contributed by atoms with Gasteiger partial charge in [0.25, 0.3) is 0 Å². The number of hydrogen-bond donors (Lipinski definition) is 4. The molecule has 0 amide bonds. The van der Waals surface area contributed by atoms with Crippen molar-refractivity contribution in [2.45, 2.75) is 103 Å². The number of nitrogens with one attached hydrogen (secondary N) is 4. The molecule has 9 rings (SSSR count). The van der Waals surface area contributed by atoms with E-state index in [1.54, 1.807) is 0 Å². The lowest BCUT2D eigenvalue weighted by atomic mass is 9.60. The fraction of sp³-hybridized carbons (Fsp3) is 0.385. The first-order valence-electron chi connectivity index (χ1n) is 23.3. The second kappa shape index (κ2) is 18.6. The van der Waals surface area contributed by atoms with Crippen LogP contribution >= 0.6 is 0 Å². The van der Waals surface area contributed by atoms with Gasteiger partial charge in [-0.05, 0) is 106 Å². The molecule has 0 spiro atoms. The van der Waals surface area contributed by atoms with Crippen LogP contribution in [0.3, 0.4) is 0 Å². The van der Waals surface area contributed by atoms with Crippen LogP contribution in [0.25, 0.3) is 21.5 Å². The number of benzene rings is 6. The Morgan fingerprint density at radius 3 is 1.32 bits per heavy atom. The minimum atomic E-state index is -1.12. The number of hydrogen-bond acceptors (Lipinski definition) is 8. The molecule has 2 atom stereocenters. The van der Waals surface area contributed by atoms with Crippen LogP contribution in [0, 0.1) is 11.8 Å². The number of anilines is 4. The quantitative estimate of drug-likeness (QED) is 0.0636. The van der Waals surface area contributed by atoms with E-state index >= 15 is 0 Å². The van der Waals surface area contributed by atoms with E-state index in [-0.39, 0.29) is 14.0 Å². The summed E-state index contributed by atoms with van der Waals surface area (Å²) in [5.74, 6) is 1.44.